The van der Waals surface area contributed by atoms with Crippen molar-refractivity contribution in [1.82, 2.24) is 4.57 Å². The molecule has 3 aromatic carbocycles. The summed E-state index contributed by atoms with van der Waals surface area (Å²) in [5.41, 5.74) is 8.79. The van der Waals surface area contributed by atoms with Gasteiger partial charge in [0.05, 0.1) is 18.5 Å². The number of aromatic nitrogens is 1. The Hall–Kier alpha value is -3.79. The largest absolute Gasteiger partial charge is 0.497 e. The molecule has 4 heteroatoms. The Kier molecular flexibility index (Phi) is 6.41. The predicted molar refractivity (Wildman–Crippen MR) is 131 cm³/mol. The van der Waals surface area contributed by atoms with E-state index in [1.54, 1.807) is 7.11 Å². The van der Waals surface area contributed by atoms with Gasteiger partial charge in [0, 0.05) is 16.9 Å². The van der Waals surface area contributed by atoms with Crippen LogP contribution in [0.4, 0.5) is 0 Å². The molecule has 0 fully saturated rings. The molecule has 0 radical (unpaired) electrons. The molecule has 0 amide bonds. The van der Waals surface area contributed by atoms with Crippen molar-refractivity contribution < 1.29 is 9.57 Å². The second-order valence-electron chi connectivity index (χ2n) is 7.81. The molecule has 32 heavy (non-hydrogen) atoms. The lowest BCUT2D eigenvalue weighted by Gasteiger charge is -2.15. The smallest absolute Gasteiger partial charge is 0.142 e. The third kappa shape index (κ3) is 4.45. The van der Waals surface area contributed by atoms with Crippen molar-refractivity contribution in [1.29, 1.82) is 0 Å². The molecule has 0 N–H and O–H groups in total. The molecule has 0 unspecified atom stereocenters. The van der Waals surface area contributed by atoms with Crippen molar-refractivity contribution in [2.24, 2.45) is 5.16 Å². The van der Waals surface area contributed by atoms with Crippen LogP contribution in [0.2, 0.25) is 0 Å². The number of methoxy groups -OCH3 is 1. The summed E-state index contributed by atoms with van der Waals surface area (Å²) < 4.78 is 7.52. The number of para-hydroxylation sites is 1. The average molecular weight is 425 g/mol. The van der Waals surface area contributed by atoms with Gasteiger partial charge >= 0.3 is 0 Å². The molecule has 1 heterocycles. The molecule has 0 bridgehead atoms. The van der Waals surface area contributed by atoms with E-state index >= 15 is 0 Å². The predicted octanol–water partition coefficient (Wildman–Crippen LogP) is 6.71. The van der Waals surface area contributed by atoms with Crippen LogP contribution in [-0.4, -0.2) is 17.4 Å². The van der Waals surface area contributed by atoms with Crippen LogP contribution in [0.1, 0.15) is 29.3 Å². The summed E-state index contributed by atoms with van der Waals surface area (Å²) in [6.45, 7) is 6.68. The van der Waals surface area contributed by atoms with Crippen molar-refractivity contribution in [3.63, 3.8) is 0 Å². The Morgan fingerprint density at radius 2 is 1.56 bits per heavy atom. The molecule has 0 spiro atoms. The van der Waals surface area contributed by atoms with Crippen molar-refractivity contribution in [2.45, 2.75) is 27.4 Å². The van der Waals surface area contributed by atoms with Gasteiger partial charge in [0.15, 0.2) is 0 Å². The summed E-state index contributed by atoms with van der Waals surface area (Å²) in [7, 11) is 1.66. The number of aryl methyl sites for hydroxylation is 1. The third-order valence-corrected chi connectivity index (χ3v) is 5.65. The zero-order valence-corrected chi connectivity index (χ0v) is 19.0. The zero-order valence-electron chi connectivity index (χ0n) is 19.0. The van der Waals surface area contributed by atoms with Crippen molar-refractivity contribution >= 4 is 5.71 Å². The number of hydrogen-bond acceptors (Lipinski definition) is 3. The molecule has 4 rings (SSSR count). The first-order chi connectivity index (χ1) is 15.6. The van der Waals surface area contributed by atoms with Gasteiger partial charge in [0.25, 0.3) is 0 Å². The molecule has 0 aliphatic heterocycles. The van der Waals surface area contributed by atoms with Crippen molar-refractivity contribution in [2.75, 3.05) is 7.11 Å². The minimum Gasteiger partial charge on any atom is -0.497 e. The first-order valence-electron chi connectivity index (χ1n) is 10.7. The van der Waals surface area contributed by atoms with E-state index in [4.69, 9.17) is 9.57 Å². The van der Waals surface area contributed by atoms with Gasteiger partial charge in [0.2, 0.25) is 0 Å². The average Bonchev–Trinajstić information content (AvgIpc) is 3.17. The van der Waals surface area contributed by atoms with Crippen molar-refractivity contribution in [3.05, 3.63) is 107 Å². The second kappa shape index (κ2) is 9.56. The maximum atomic E-state index is 5.69. The Bertz CT molecular complexity index is 1220. The molecule has 4 nitrogen and oxygen atoms in total. The lowest BCUT2D eigenvalue weighted by Crippen LogP contribution is -2.04. The maximum absolute atomic E-state index is 5.69. The van der Waals surface area contributed by atoms with Crippen LogP contribution in [0, 0.1) is 13.8 Å². The van der Waals surface area contributed by atoms with Gasteiger partial charge in [-0.25, -0.2) is 0 Å². The highest BCUT2D eigenvalue weighted by Gasteiger charge is 2.17. The molecule has 0 aliphatic rings. The summed E-state index contributed by atoms with van der Waals surface area (Å²) in [6.07, 6.45) is 0. The summed E-state index contributed by atoms with van der Waals surface area (Å²) in [4.78, 5) is 5.69. The van der Waals surface area contributed by atoms with Gasteiger partial charge < -0.3 is 14.1 Å². The first-order valence-corrected chi connectivity index (χ1v) is 10.7. The SMILES string of the molecule is COc1ccc(CO/N=C(/C)c2cc(-c3ccccc3)n(-c3ccccc3C)c2C)cc1. The quantitative estimate of drug-likeness (QED) is 0.244. The Morgan fingerprint density at radius 1 is 0.875 bits per heavy atom. The highest BCUT2D eigenvalue weighted by molar-refractivity contribution is 6.01. The molecule has 0 saturated heterocycles. The van der Waals surface area contributed by atoms with Gasteiger partial charge in [-0.05, 0) is 61.7 Å². The molecule has 0 atom stereocenters. The molecule has 0 saturated carbocycles. The van der Waals surface area contributed by atoms with Gasteiger partial charge in [0.1, 0.15) is 12.4 Å². The van der Waals surface area contributed by atoms with E-state index in [1.165, 1.54) is 11.3 Å². The number of ether oxygens (including phenoxy) is 1. The summed E-state index contributed by atoms with van der Waals surface area (Å²) in [5, 5.41) is 4.43. The lowest BCUT2D eigenvalue weighted by molar-refractivity contribution is 0.130. The van der Waals surface area contributed by atoms with Crippen LogP contribution in [0.5, 0.6) is 5.75 Å². The van der Waals surface area contributed by atoms with Crippen LogP contribution < -0.4 is 4.74 Å². The molecular formula is C28H28N2O2. The monoisotopic (exact) mass is 424 g/mol. The van der Waals surface area contributed by atoms with E-state index in [0.29, 0.717) is 6.61 Å². The standard InChI is InChI=1S/C28H28N2O2/c1-20-10-8-9-13-27(20)30-22(3)26(18-28(30)24-11-6-5-7-12-24)21(2)29-32-19-23-14-16-25(31-4)17-15-23/h5-18H,19H2,1-4H3/b29-21-. The van der Waals surface area contributed by atoms with Crippen LogP contribution >= 0.6 is 0 Å². The Morgan fingerprint density at radius 3 is 2.25 bits per heavy atom. The number of rotatable bonds is 7. The fourth-order valence-electron chi connectivity index (χ4n) is 3.89. The fourth-order valence-corrected chi connectivity index (χ4v) is 3.89. The third-order valence-electron chi connectivity index (χ3n) is 5.65. The Balaban J connectivity index is 1.67. The number of nitrogens with zero attached hydrogens (tertiary/aromatic N) is 2. The zero-order chi connectivity index (χ0) is 22.5. The Labute approximate surface area is 189 Å². The maximum Gasteiger partial charge on any atom is 0.142 e. The number of hydrogen-bond donors (Lipinski definition) is 0. The van der Waals surface area contributed by atoms with E-state index in [2.05, 4.69) is 78.2 Å². The molecule has 1 aromatic heterocycles. The summed E-state index contributed by atoms with van der Waals surface area (Å²) in [5.74, 6) is 0.829. The van der Waals surface area contributed by atoms with E-state index in [0.717, 1.165) is 39.5 Å². The van der Waals surface area contributed by atoms with Crippen molar-refractivity contribution in [3.8, 4) is 22.7 Å². The van der Waals surface area contributed by atoms with E-state index in [-0.39, 0.29) is 0 Å². The highest BCUT2D eigenvalue weighted by Crippen LogP contribution is 2.31. The minimum absolute atomic E-state index is 0.407. The van der Waals surface area contributed by atoms with E-state index in [9.17, 15) is 0 Å². The lowest BCUT2D eigenvalue weighted by atomic mass is 10.1. The van der Waals surface area contributed by atoms with Crippen LogP contribution in [0.25, 0.3) is 16.9 Å². The second-order valence-corrected chi connectivity index (χ2v) is 7.81. The number of benzene rings is 3. The molecular weight excluding hydrogens is 396 g/mol. The van der Waals surface area contributed by atoms with Gasteiger partial charge in [-0.3, -0.25) is 0 Å². The normalized spacial score (nSPS) is 11.4. The molecule has 0 aliphatic carbocycles. The van der Waals surface area contributed by atoms with Crippen LogP contribution in [0.15, 0.2) is 90.1 Å². The minimum atomic E-state index is 0.407. The fraction of sp³-hybridized carbons (Fsp3) is 0.179. The van der Waals surface area contributed by atoms with Crippen LogP contribution in [0.3, 0.4) is 0 Å². The van der Waals surface area contributed by atoms with Gasteiger partial charge in [-0.1, -0.05) is 65.8 Å². The molecule has 162 valence electrons. The summed E-state index contributed by atoms with van der Waals surface area (Å²) >= 11 is 0. The van der Waals surface area contributed by atoms with Gasteiger partial charge in [-0.2, -0.15) is 0 Å². The first kappa shape index (κ1) is 21.4. The molecule has 4 aromatic rings. The summed E-state index contributed by atoms with van der Waals surface area (Å²) in [6, 6.07) is 28.9. The van der Waals surface area contributed by atoms with E-state index in [1.807, 2.05) is 37.3 Å². The number of oxime groups is 1. The van der Waals surface area contributed by atoms with E-state index < -0.39 is 0 Å². The topological polar surface area (TPSA) is 35.8 Å². The van der Waals surface area contributed by atoms with Gasteiger partial charge in [-0.15, -0.1) is 0 Å². The highest BCUT2D eigenvalue weighted by atomic mass is 16.6. The van der Waals surface area contributed by atoms with Crippen LogP contribution in [-0.2, 0) is 11.4 Å².